The van der Waals surface area contributed by atoms with Gasteiger partial charge in [0.05, 0.1) is 6.33 Å². The Kier molecular flexibility index (Phi) is 4.73. The van der Waals surface area contributed by atoms with Crippen molar-refractivity contribution in [2.45, 2.75) is 18.4 Å². The van der Waals surface area contributed by atoms with Gasteiger partial charge in [0.25, 0.3) is 10.0 Å². The lowest BCUT2D eigenvalue weighted by atomic mass is 10.5. The van der Waals surface area contributed by atoms with E-state index in [9.17, 15) is 8.42 Å². The minimum absolute atomic E-state index is 0.100. The topological polar surface area (TPSA) is 55.2 Å². The van der Waals surface area contributed by atoms with E-state index in [2.05, 4.69) is 11.6 Å². The third kappa shape index (κ3) is 2.88. The fraction of sp³-hybridized carbons (Fsp3) is 0.500. The second-order valence-electron chi connectivity index (χ2n) is 3.60. The van der Waals surface area contributed by atoms with Gasteiger partial charge in [0.15, 0.2) is 0 Å². The maximum atomic E-state index is 12.3. The minimum Gasteiger partial charge on any atom is -0.324 e. The Morgan fingerprint density at radius 3 is 2.71 bits per heavy atom. The van der Waals surface area contributed by atoms with E-state index in [4.69, 9.17) is 11.6 Å². The number of imidazole rings is 1. The highest BCUT2D eigenvalue weighted by molar-refractivity contribution is 7.89. The number of hydrogen-bond acceptors (Lipinski definition) is 3. The van der Waals surface area contributed by atoms with Crippen molar-refractivity contribution in [3.63, 3.8) is 0 Å². The fourth-order valence-electron chi connectivity index (χ4n) is 1.39. The lowest BCUT2D eigenvalue weighted by molar-refractivity contribution is 0.439. The van der Waals surface area contributed by atoms with Gasteiger partial charge in [-0.05, 0) is 6.42 Å². The first-order valence-electron chi connectivity index (χ1n) is 5.23. The van der Waals surface area contributed by atoms with E-state index in [1.165, 1.54) is 15.2 Å². The molecular weight excluding hydrogens is 262 g/mol. The van der Waals surface area contributed by atoms with Crippen molar-refractivity contribution < 1.29 is 8.42 Å². The van der Waals surface area contributed by atoms with Crippen molar-refractivity contribution in [1.29, 1.82) is 0 Å². The number of hydrogen-bond donors (Lipinski definition) is 0. The van der Waals surface area contributed by atoms with Crippen LogP contribution in [0.4, 0.5) is 0 Å². The van der Waals surface area contributed by atoms with Gasteiger partial charge in [0, 0.05) is 20.1 Å². The zero-order valence-electron chi connectivity index (χ0n) is 9.93. The van der Waals surface area contributed by atoms with Crippen molar-refractivity contribution in [2.75, 3.05) is 13.1 Å². The number of sulfonamides is 1. The molecule has 0 amide bonds. The largest absolute Gasteiger partial charge is 0.324 e. The summed E-state index contributed by atoms with van der Waals surface area (Å²) >= 11 is 5.91. The van der Waals surface area contributed by atoms with E-state index in [-0.39, 0.29) is 16.7 Å². The zero-order valence-corrected chi connectivity index (χ0v) is 11.5. The van der Waals surface area contributed by atoms with E-state index in [1.807, 2.05) is 6.92 Å². The Labute approximate surface area is 107 Å². The first-order chi connectivity index (χ1) is 7.95. The number of aromatic nitrogens is 2. The highest BCUT2D eigenvalue weighted by Crippen LogP contribution is 2.22. The Morgan fingerprint density at radius 2 is 2.29 bits per heavy atom. The standard InChI is InChI=1S/C10H16ClN3O2S/c1-4-6-14(7-5-2)17(15,16)10-9(11)13(3)8-12-10/h4,8H,1,5-7H2,2-3H3. The molecule has 0 fully saturated rings. The van der Waals surface area contributed by atoms with Gasteiger partial charge in [-0.1, -0.05) is 24.6 Å². The summed E-state index contributed by atoms with van der Waals surface area (Å²) in [7, 11) is -1.99. The summed E-state index contributed by atoms with van der Waals surface area (Å²) in [6.07, 6.45) is 3.65. The summed E-state index contributed by atoms with van der Waals surface area (Å²) in [5, 5.41) is 0.0205. The van der Waals surface area contributed by atoms with Crippen molar-refractivity contribution in [1.82, 2.24) is 13.9 Å². The average Bonchev–Trinajstić information content (AvgIpc) is 2.60. The van der Waals surface area contributed by atoms with Crippen LogP contribution in [0.1, 0.15) is 13.3 Å². The lowest BCUT2D eigenvalue weighted by Crippen LogP contribution is -2.32. The summed E-state index contributed by atoms with van der Waals surface area (Å²) in [5.74, 6) is 0. The smallest absolute Gasteiger partial charge is 0.263 e. The number of halogens is 1. The van der Waals surface area contributed by atoms with E-state index in [0.29, 0.717) is 6.54 Å². The molecule has 0 bridgehead atoms. The van der Waals surface area contributed by atoms with Crippen LogP contribution in [0.2, 0.25) is 5.15 Å². The molecule has 96 valence electrons. The predicted molar refractivity (Wildman–Crippen MR) is 67.5 cm³/mol. The molecule has 1 heterocycles. The normalized spacial score (nSPS) is 12.0. The number of nitrogens with zero attached hydrogens (tertiary/aromatic N) is 3. The molecule has 0 saturated carbocycles. The monoisotopic (exact) mass is 277 g/mol. The Hall–Kier alpha value is -0.850. The Balaban J connectivity index is 3.16. The van der Waals surface area contributed by atoms with Crippen LogP contribution in [0.15, 0.2) is 24.0 Å². The summed E-state index contributed by atoms with van der Waals surface area (Å²) in [6, 6.07) is 0. The Morgan fingerprint density at radius 1 is 1.65 bits per heavy atom. The molecule has 0 aliphatic carbocycles. The maximum Gasteiger partial charge on any atom is 0.263 e. The van der Waals surface area contributed by atoms with Crippen LogP contribution in [-0.2, 0) is 17.1 Å². The molecule has 0 spiro atoms. The van der Waals surface area contributed by atoms with Gasteiger partial charge in [0.2, 0.25) is 5.03 Å². The van der Waals surface area contributed by atoms with E-state index in [0.717, 1.165) is 6.42 Å². The molecule has 0 radical (unpaired) electrons. The molecule has 1 rings (SSSR count). The van der Waals surface area contributed by atoms with Crippen LogP contribution < -0.4 is 0 Å². The van der Waals surface area contributed by atoms with Crippen molar-refractivity contribution in [3.05, 3.63) is 24.1 Å². The molecule has 1 aromatic heterocycles. The lowest BCUT2D eigenvalue weighted by Gasteiger charge is -2.18. The highest BCUT2D eigenvalue weighted by Gasteiger charge is 2.28. The van der Waals surface area contributed by atoms with Crippen molar-refractivity contribution >= 4 is 21.6 Å². The van der Waals surface area contributed by atoms with Crippen molar-refractivity contribution in [2.24, 2.45) is 7.05 Å². The maximum absolute atomic E-state index is 12.3. The SMILES string of the molecule is C=CCN(CCC)S(=O)(=O)c1ncn(C)c1Cl. The van der Waals surface area contributed by atoms with Gasteiger partial charge < -0.3 is 4.57 Å². The number of rotatable bonds is 6. The average molecular weight is 278 g/mol. The van der Waals surface area contributed by atoms with Crippen LogP contribution in [0, 0.1) is 0 Å². The van der Waals surface area contributed by atoms with Gasteiger partial charge in [-0.15, -0.1) is 6.58 Å². The molecule has 7 heteroatoms. The van der Waals surface area contributed by atoms with E-state index < -0.39 is 10.0 Å². The third-order valence-corrected chi connectivity index (χ3v) is 4.58. The molecule has 0 unspecified atom stereocenters. The molecule has 0 N–H and O–H groups in total. The van der Waals surface area contributed by atoms with Crippen LogP contribution in [0.25, 0.3) is 0 Å². The van der Waals surface area contributed by atoms with Crippen LogP contribution in [0.5, 0.6) is 0 Å². The summed E-state index contributed by atoms with van der Waals surface area (Å²) < 4.78 is 27.3. The molecule has 0 saturated heterocycles. The molecule has 5 nitrogen and oxygen atoms in total. The summed E-state index contributed by atoms with van der Waals surface area (Å²) in [6.45, 7) is 6.13. The predicted octanol–water partition coefficient (Wildman–Crippen LogP) is 1.66. The molecule has 0 aliphatic rings. The molecule has 1 aromatic rings. The van der Waals surface area contributed by atoms with Gasteiger partial charge in [0.1, 0.15) is 5.15 Å². The third-order valence-electron chi connectivity index (χ3n) is 2.22. The van der Waals surface area contributed by atoms with Gasteiger partial charge in [-0.2, -0.15) is 4.31 Å². The fourth-order valence-corrected chi connectivity index (χ4v) is 3.28. The molecule has 0 atom stereocenters. The quantitative estimate of drug-likeness (QED) is 0.743. The number of aryl methyl sites for hydroxylation is 1. The second kappa shape index (κ2) is 5.66. The van der Waals surface area contributed by atoms with Crippen molar-refractivity contribution in [3.8, 4) is 0 Å². The van der Waals surface area contributed by atoms with Gasteiger partial charge >= 0.3 is 0 Å². The van der Waals surface area contributed by atoms with Crippen LogP contribution in [0.3, 0.4) is 0 Å². The first kappa shape index (κ1) is 14.2. The second-order valence-corrected chi connectivity index (χ2v) is 5.81. The Bertz CT molecular complexity index is 496. The highest BCUT2D eigenvalue weighted by atomic mass is 35.5. The molecule has 0 aromatic carbocycles. The first-order valence-corrected chi connectivity index (χ1v) is 7.04. The minimum atomic E-state index is -3.64. The summed E-state index contributed by atoms with van der Waals surface area (Å²) in [4.78, 5) is 3.84. The molecule has 0 aliphatic heterocycles. The van der Waals surface area contributed by atoms with Gasteiger partial charge in [-0.3, -0.25) is 0 Å². The van der Waals surface area contributed by atoms with E-state index >= 15 is 0 Å². The van der Waals surface area contributed by atoms with Gasteiger partial charge in [-0.25, -0.2) is 13.4 Å². The van der Waals surface area contributed by atoms with Crippen LogP contribution in [-0.4, -0.2) is 35.4 Å². The molecular formula is C10H16ClN3O2S. The van der Waals surface area contributed by atoms with E-state index in [1.54, 1.807) is 13.1 Å². The van der Waals surface area contributed by atoms with Crippen LogP contribution >= 0.6 is 11.6 Å². The zero-order chi connectivity index (χ0) is 13.1. The summed E-state index contributed by atoms with van der Waals surface area (Å²) in [5.41, 5.74) is 0. The molecule has 17 heavy (non-hydrogen) atoms.